The number of aromatic nitrogens is 2. The van der Waals surface area contributed by atoms with Crippen molar-refractivity contribution in [1.29, 1.82) is 0 Å². The van der Waals surface area contributed by atoms with Gasteiger partial charge in [0.2, 0.25) is 10.0 Å². The van der Waals surface area contributed by atoms with Crippen molar-refractivity contribution in [2.75, 3.05) is 11.0 Å². The number of rotatable bonds is 7. The van der Waals surface area contributed by atoms with Gasteiger partial charge in [-0.2, -0.15) is 0 Å². The smallest absolute Gasteiger partial charge is 0.229 e. The van der Waals surface area contributed by atoms with Crippen molar-refractivity contribution in [1.82, 2.24) is 9.97 Å². The predicted octanol–water partition coefficient (Wildman–Crippen LogP) is 5.00. The summed E-state index contributed by atoms with van der Waals surface area (Å²) in [6.07, 6.45) is 7.81. The zero-order valence-corrected chi connectivity index (χ0v) is 16.7. The lowest BCUT2D eigenvalue weighted by atomic mass is 9.86. The number of nitrogens with zero attached hydrogens (tertiary/aromatic N) is 1. The minimum absolute atomic E-state index is 0.184. The van der Waals surface area contributed by atoms with Gasteiger partial charge in [0.05, 0.1) is 17.5 Å². The number of H-pyrrole nitrogens is 1. The second kappa shape index (κ2) is 7.31. The number of hydrogen-bond donors (Lipinski definition) is 2. The van der Waals surface area contributed by atoms with Gasteiger partial charge >= 0.3 is 0 Å². The van der Waals surface area contributed by atoms with E-state index in [1.807, 2.05) is 24.4 Å². The van der Waals surface area contributed by atoms with E-state index in [0.717, 1.165) is 53.1 Å². The normalized spacial score (nSPS) is 13.2. The molecular formula is C21H23N3O3S. The fraction of sp³-hybridized carbons (Fsp3) is 0.286. The topological polar surface area (TPSA) is 88.0 Å². The van der Waals surface area contributed by atoms with Gasteiger partial charge in [-0.25, -0.2) is 13.4 Å². The first-order chi connectivity index (χ1) is 13.5. The van der Waals surface area contributed by atoms with Crippen molar-refractivity contribution in [3.05, 3.63) is 60.1 Å². The van der Waals surface area contributed by atoms with Crippen LogP contribution in [-0.4, -0.2) is 24.6 Å². The summed E-state index contributed by atoms with van der Waals surface area (Å²) < 4.78 is 31.4. The van der Waals surface area contributed by atoms with Crippen molar-refractivity contribution in [2.45, 2.75) is 32.1 Å². The number of anilines is 1. The van der Waals surface area contributed by atoms with E-state index in [1.54, 1.807) is 6.07 Å². The van der Waals surface area contributed by atoms with Gasteiger partial charge in [0.1, 0.15) is 5.52 Å². The Balaban J connectivity index is 1.82. The van der Waals surface area contributed by atoms with Gasteiger partial charge in [0, 0.05) is 17.5 Å². The number of nitrogens with one attached hydrogen (secondary N) is 2. The Bertz CT molecular complexity index is 1220. The molecule has 0 fully saturated rings. The summed E-state index contributed by atoms with van der Waals surface area (Å²) in [6, 6.07) is 11.8. The first kappa shape index (κ1) is 18.6. The first-order valence-electron chi connectivity index (χ1n) is 9.37. The molecule has 6 nitrogen and oxygen atoms in total. The molecule has 2 N–H and O–H groups in total. The largest absolute Gasteiger partial charge is 0.443 e. The number of aromatic amines is 1. The number of para-hydroxylation sites is 1. The van der Waals surface area contributed by atoms with Gasteiger partial charge < -0.3 is 9.40 Å². The van der Waals surface area contributed by atoms with Crippen molar-refractivity contribution >= 4 is 37.7 Å². The second-order valence-electron chi connectivity index (χ2n) is 7.12. The molecule has 0 aliphatic heterocycles. The standard InChI is InChI=1S/C21H23N3O3S/c1-3-4-6-15(14-9-10-20-19(11-14)23-13-27-20)17-12-22-21-16(17)7-5-8-18(21)24-28(2,25)26/h5,7-13,15,22,24H,3-4,6H2,1-2H3. The number of hydrogen-bond acceptors (Lipinski definition) is 4. The lowest BCUT2D eigenvalue weighted by molar-refractivity contribution is 0.601. The number of unbranched alkanes of at least 4 members (excludes halogenated alkanes) is 1. The van der Waals surface area contributed by atoms with Crippen LogP contribution in [0.15, 0.2) is 53.4 Å². The Morgan fingerprint density at radius 3 is 2.89 bits per heavy atom. The van der Waals surface area contributed by atoms with E-state index in [-0.39, 0.29) is 5.92 Å². The molecule has 28 heavy (non-hydrogen) atoms. The van der Waals surface area contributed by atoms with Gasteiger partial charge in [-0.15, -0.1) is 0 Å². The molecule has 0 bridgehead atoms. The molecule has 0 spiro atoms. The lowest BCUT2D eigenvalue weighted by Crippen LogP contribution is -2.09. The van der Waals surface area contributed by atoms with Crippen molar-refractivity contribution in [2.24, 2.45) is 0 Å². The first-order valence-corrected chi connectivity index (χ1v) is 11.3. The molecule has 0 amide bonds. The molecule has 4 rings (SSSR count). The van der Waals surface area contributed by atoms with Crippen LogP contribution >= 0.6 is 0 Å². The molecule has 146 valence electrons. The van der Waals surface area contributed by atoms with E-state index in [2.05, 4.69) is 33.7 Å². The SMILES string of the molecule is CCCCC(c1ccc2ocnc2c1)c1c[nH]c2c(NS(C)(=O)=O)cccc12. The molecule has 2 aromatic heterocycles. The maximum Gasteiger partial charge on any atom is 0.229 e. The van der Waals surface area contributed by atoms with Crippen LogP contribution in [0, 0.1) is 0 Å². The van der Waals surface area contributed by atoms with Gasteiger partial charge in [-0.1, -0.05) is 38.0 Å². The van der Waals surface area contributed by atoms with Crippen LogP contribution in [0.4, 0.5) is 5.69 Å². The molecule has 1 atom stereocenters. The molecule has 0 saturated heterocycles. The third-order valence-electron chi connectivity index (χ3n) is 5.02. The summed E-state index contributed by atoms with van der Waals surface area (Å²) in [5.41, 5.74) is 5.31. The van der Waals surface area contributed by atoms with Gasteiger partial charge in [0.25, 0.3) is 0 Å². The third-order valence-corrected chi connectivity index (χ3v) is 5.61. The Morgan fingerprint density at radius 1 is 1.25 bits per heavy atom. The summed E-state index contributed by atoms with van der Waals surface area (Å²) in [7, 11) is -3.35. The predicted molar refractivity (Wildman–Crippen MR) is 112 cm³/mol. The van der Waals surface area contributed by atoms with Gasteiger partial charge in [-0.3, -0.25) is 4.72 Å². The average molecular weight is 398 g/mol. The Hall–Kier alpha value is -2.80. The Kier molecular flexibility index (Phi) is 4.85. The fourth-order valence-electron chi connectivity index (χ4n) is 3.75. The van der Waals surface area contributed by atoms with Crippen LogP contribution in [0.25, 0.3) is 22.0 Å². The molecule has 2 heterocycles. The Morgan fingerprint density at radius 2 is 2.11 bits per heavy atom. The van der Waals surface area contributed by atoms with Crippen LogP contribution in [0.3, 0.4) is 0 Å². The minimum Gasteiger partial charge on any atom is -0.443 e. The maximum absolute atomic E-state index is 11.7. The molecule has 0 radical (unpaired) electrons. The van der Waals surface area contributed by atoms with Crippen LogP contribution in [0.1, 0.15) is 43.2 Å². The van der Waals surface area contributed by atoms with Gasteiger partial charge in [0.15, 0.2) is 12.0 Å². The highest BCUT2D eigenvalue weighted by Crippen LogP contribution is 2.37. The Labute approximate surface area is 164 Å². The van der Waals surface area contributed by atoms with E-state index < -0.39 is 10.0 Å². The van der Waals surface area contributed by atoms with Crippen LogP contribution < -0.4 is 4.72 Å². The summed E-state index contributed by atoms with van der Waals surface area (Å²) in [5.74, 6) is 0.184. The zero-order valence-electron chi connectivity index (χ0n) is 15.9. The molecule has 4 aromatic rings. The van der Waals surface area contributed by atoms with E-state index in [9.17, 15) is 8.42 Å². The number of oxazole rings is 1. The van der Waals surface area contributed by atoms with Crippen molar-refractivity contribution < 1.29 is 12.8 Å². The van der Waals surface area contributed by atoms with Crippen molar-refractivity contribution in [3.63, 3.8) is 0 Å². The third kappa shape index (κ3) is 3.62. The highest BCUT2D eigenvalue weighted by atomic mass is 32.2. The zero-order chi connectivity index (χ0) is 19.7. The van der Waals surface area contributed by atoms with Crippen LogP contribution in [-0.2, 0) is 10.0 Å². The summed E-state index contributed by atoms with van der Waals surface area (Å²) in [6.45, 7) is 2.18. The molecule has 1 unspecified atom stereocenters. The summed E-state index contributed by atoms with van der Waals surface area (Å²) in [4.78, 5) is 7.57. The summed E-state index contributed by atoms with van der Waals surface area (Å²) >= 11 is 0. The molecule has 0 aliphatic carbocycles. The monoisotopic (exact) mass is 397 g/mol. The van der Waals surface area contributed by atoms with E-state index >= 15 is 0 Å². The maximum atomic E-state index is 11.7. The number of sulfonamides is 1. The molecule has 2 aromatic carbocycles. The molecule has 0 aliphatic rings. The lowest BCUT2D eigenvalue weighted by Gasteiger charge is -2.17. The molecule has 7 heteroatoms. The quantitative estimate of drug-likeness (QED) is 0.459. The molecule has 0 saturated carbocycles. The van der Waals surface area contributed by atoms with E-state index in [0.29, 0.717) is 5.69 Å². The number of benzene rings is 2. The van der Waals surface area contributed by atoms with Crippen molar-refractivity contribution in [3.8, 4) is 0 Å². The van der Waals surface area contributed by atoms with Crippen LogP contribution in [0.2, 0.25) is 0 Å². The highest BCUT2D eigenvalue weighted by Gasteiger charge is 2.20. The van der Waals surface area contributed by atoms with Gasteiger partial charge in [-0.05, 0) is 35.7 Å². The summed E-state index contributed by atoms with van der Waals surface area (Å²) in [5, 5.41) is 1.02. The average Bonchev–Trinajstić information content (AvgIpc) is 3.28. The highest BCUT2D eigenvalue weighted by molar-refractivity contribution is 7.92. The number of fused-ring (bicyclic) bond motifs is 2. The van der Waals surface area contributed by atoms with Crippen LogP contribution in [0.5, 0.6) is 0 Å². The second-order valence-corrected chi connectivity index (χ2v) is 8.87. The van der Waals surface area contributed by atoms with E-state index in [4.69, 9.17) is 4.42 Å². The molecular weight excluding hydrogens is 374 g/mol. The minimum atomic E-state index is -3.35. The fourth-order valence-corrected chi connectivity index (χ4v) is 4.32. The van der Waals surface area contributed by atoms with E-state index in [1.165, 1.54) is 12.0 Å².